The number of carbonyl (C=O) groups is 2. The molecule has 8 heteroatoms. The lowest BCUT2D eigenvalue weighted by Gasteiger charge is -2.20. The molecular formula is C18H20ClN3O4. The van der Waals surface area contributed by atoms with Gasteiger partial charge in [0.05, 0.1) is 18.6 Å². The topological polar surface area (TPSA) is 90.3 Å². The van der Waals surface area contributed by atoms with Gasteiger partial charge in [-0.05, 0) is 31.5 Å². The molecule has 0 aliphatic carbocycles. The Morgan fingerprint density at radius 2 is 1.92 bits per heavy atom. The molecule has 7 nitrogen and oxygen atoms in total. The van der Waals surface area contributed by atoms with Crippen LogP contribution in [0, 0.1) is 0 Å². The van der Waals surface area contributed by atoms with Crippen LogP contribution >= 0.6 is 11.6 Å². The van der Waals surface area contributed by atoms with E-state index in [0.29, 0.717) is 10.6 Å². The summed E-state index contributed by atoms with van der Waals surface area (Å²) in [5, 5.41) is 7.07. The van der Waals surface area contributed by atoms with Crippen LogP contribution in [0.25, 0.3) is 0 Å². The van der Waals surface area contributed by atoms with E-state index in [1.165, 1.54) is 19.2 Å². The highest BCUT2D eigenvalue weighted by Crippen LogP contribution is 2.26. The second kappa shape index (κ2) is 8.62. The van der Waals surface area contributed by atoms with Crippen LogP contribution in [-0.4, -0.2) is 27.8 Å². The molecule has 0 bridgehead atoms. The maximum atomic E-state index is 12.5. The fourth-order valence-electron chi connectivity index (χ4n) is 2.33. The summed E-state index contributed by atoms with van der Waals surface area (Å²) >= 11 is 6.22. The standard InChI is InChI=1S/C18H20ClN3O4/c1-11(2)26-17(24)10-15(12-6-4-5-7-13(12)19)20-18(25)14-8-9-16(23)22(3)21-14/h4-9,11,15H,10H2,1-3H3,(H,20,25)/t15-/m1/s1. The predicted octanol–water partition coefficient (Wildman–Crippen LogP) is 2.25. The lowest BCUT2D eigenvalue weighted by Crippen LogP contribution is -2.33. The molecule has 26 heavy (non-hydrogen) atoms. The van der Waals surface area contributed by atoms with Crippen molar-refractivity contribution in [2.24, 2.45) is 7.05 Å². The van der Waals surface area contributed by atoms with Crippen LogP contribution < -0.4 is 10.9 Å². The first kappa shape index (κ1) is 19.7. The summed E-state index contributed by atoms with van der Waals surface area (Å²) in [7, 11) is 1.45. The van der Waals surface area contributed by atoms with E-state index in [-0.39, 0.29) is 23.8 Å². The maximum Gasteiger partial charge on any atom is 0.308 e. The second-order valence-corrected chi connectivity index (χ2v) is 6.38. The van der Waals surface area contributed by atoms with Gasteiger partial charge in [-0.2, -0.15) is 5.10 Å². The van der Waals surface area contributed by atoms with Gasteiger partial charge in [-0.15, -0.1) is 0 Å². The van der Waals surface area contributed by atoms with E-state index in [0.717, 1.165) is 4.68 Å². The van der Waals surface area contributed by atoms with Gasteiger partial charge in [-0.1, -0.05) is 29.8 Å². The Balaban J connectivity index is 2.27. The third-order valence-electron chi connectivity index (χ3n) is 3.52. The van der Waals surface area contributed by atoms with Gasteiger partial charge in [-0.3, -0.25) is 14.4 Å². The number of amides is 1. The summed E-state index contributed by atoms with van der Waals surface area (Å²) in [6, 6.07) is 8.80. The Morgan fingerprint density at radius 1 is 1.23 bits per heavy atom. The van der Waals surface area contributed by atoms with E-state index in [4.69, 9.17) is 16.3 Å². The van der Waals surface area contributed by atoms with Crippen molar-refractivity contribution in [2.45, 2.75) is 32.4 Å². The summed E-state index contributed by atoms with van der Waals surface area (Å²) in [6.07, 6.45) is -0.352. The average Bonchev–Trinajstić information content (AvgIpc) is 2.56. The van der Waals surface area contributed by atoms with Gasteiger partial charge in [0.25, 0.3) is 11.5 Å². The van der Waals surface area contributed by atoms with Crippen molar-refractivity contribution in [3.05, 3.63) is 63.0 Å². The van der Waals surface area contributed by atoms with Gasteiger partial charge in [0.1, 0.15) is 5.69 Å². The van der Waals surface area contributed by atoms with Gasteiger partial charge in [0.15, 0.2) is 0 Å². The lowest BCUT2D eigenvalue weighted by molar-refractivity contribution is -0.147. The minimum absolute atomic E-state index is 0.0568. The molecule has 0 saturated heterocycles. The zero-order valence-electron chi connectivity index (χ0n) is 14.7. The van der Waals surface area contributed by atoms with E-state index in [2.05, 4.69) is 10.4 Å². The average molecular weight is 378 g/mol. The first-order valence-corrected chi connectivity index (χ1v) is 8.45. The molecule has 2 aromatic rings. The number of benzene rings is 1. The van der Waals surface area contributed by atoms with Crippen LogP contribution in [0.2, 0.25) is 5.02 Å². The molecule has 0 aliphatic heterocycles. The number of halogens is 1. The highest BCUT2D eigenvalue weighted by atomic mass is 35.5. The van der Waals surface area contributed by atoms with E-state index < -0.39 is 17.9 Å². The van der Waals surface area contributed by atoms with Crippen molar-refractivity contribution in [1.82, 2.24) is 15.1 Å². The SMILES string of the molecule is CC(C)OC(=O)C[C@@H](NC(=O)c1ccc(=O)n(C)n1)c1ccccc1Cl. The summed E-state index contributed by atoms with van der Waals surface area (Å²) in [5.74, 6) is -0.985. The smallest absolute Gasteiger partial charge is 0.308 e. The molecule has 0 fully saturated rings. The second-order valence-electron chi connectivity index (χ2n) is 5.97. The number of hydrogen-bond acceptors (Lipinski definition) is 5. The number of aromatic nitrogens is 2. The van der Waals surface area contributed by atoms with Crippen molar-refractivity contribution < 1.29 is 14.3 Å². The number of ether oxygens (including phenoxy) is 1. The third kappa shape index (κ3) is 5.16. The predicted molar refractivity (Wildman–Crippen MR) is 97.0 cm³/mol. The zero-order chi connectivity index (χ0) is 19.3. The fraction of sp³-hybridized carbons (Fsp3) is 0.333. The molecule has 0 radical (unpaired) electrons. The van der Waals surface area contributed by atoms with E-state index in [9.17, 15) is 14.4 Å². The summed E-state index contributed by atoms with van der Waals surface area (Å²) in [5.41, 5.74) is 0.319. The molecular weight excluding hydrogens is 358 g/mol. The largest absolute Gasteiger partial charge is 0.463 e. The normalized spacial score (nSPS) is 11.9. The van der Waals surface area contributed by atoms with Crippen molar-refractivity contribution in [3.63, 3.8) is 0 Å². The Kier molecular flexibility index (Phi) is 6.52. The first-order valence-electron chi connectivity index (χ1n) is 8.07. The molecule has 1 heterocycles. The number of rotatable bonds is 6. The van der Waals surface area contributed by atoms with Gasteiger partial charge < -0.3 is 10.1 Å². The molecule has 1 aromatic heterocycles. The summed E-state index contributed by atoms with van der Waals surface area (Å²) < 4.78 is 6.23. The number of hydrogen-bond donors (Lipinski definition) is 1. The van der Waals surface area contributed by atoms with E-state index in [1.54, 1.807) is 38.1 Å². The monoisotopic (exact) mass is 377 g/mol. The van der Waals surface area contributed by atoms with Crippen LogP contribution in [-0.2, 0) is 16.6 Å². The van der Waals surface area contributed by atoms with E-state index >= 15 is 0 Å². The summed E-state index contributed by atoms with van der Waals surface area (Å²) in [6.45, 7) is 3.49. The highest BCUT2D eigenvalue weighted by molar-refractivity contribution is 6.31. The number of carbonyl (C=O) groups excluding carboxylic acids is 2. The van der Waals surface area contributed by atoms with Crippen LogP contribution in [0.4, 0.5) is 0 Å². The molecule has 1 N–H and O–H groups in total. The minimum atomic E-state index is -0.693. The fourth-order valence-corrected chi connectivity index (χ4v) is 2.60. The minimum Gasteiger partial charge on any atom is -0.463 e. The molecule has 1 atom stereocenters. The van der Waals surface area contributed by atoms with Gasteiger partial charge in [0, 0.05) is 18.1 Å². The van der Waals surface area contributed by atoms with Crippen molar-refractivity contribution in [3.8, 4) is 0 Å². The van der Waals surface area contributed by atoms with E-state index in [1.807, 2.05) is 0 Å². The van der Waals surface area contributed by atoms with Crippen molar-refractivity contribution in [2.75, 3.05) is 0 Å². The van der Waals surface area contributed by atoms with Crippen molar-refractivity contribution >= 4 is 23.5 Å². The molecule has 0 spiro atoms. The molecule has 1 aromatic carbocycles. The first-order chi connectivity index (χ1) is 12.3. The highest BCUT2D eigenvalue weighted by Gasteiger charge is 2.23. The Labute approximate surface area is 155 Å². The Morgan fingerprint density at radius 3 is 2.54 bits per heavy atom. The maximum absolute atomic E-state index is 12.5. The van der Waals surface area contributed by atoms with Crippen LogP contribution in [0.1, 0.15) is 42.4 Å². The summed E-state index contributed by atoms with van der Waals surface area (Å²) in [4.78, 5) is 36.0. The Hall–Kier alpha value is -2.67. The van der Waals surface area contributed by atoms with Crippen LogP contribution in [0.3, 0.4) is 0 Å². The van der Waals surface area contributed by atoms with Gasteiger partial charge >= 0.3 is 5.97 Å². The molecule has 138 valence electrons. The quantitative estimate of drug-likeness (QED) is 0.780. The molecule has 1 amide bonds. The van der Waals surface area contributed by atoms with Gasteiger partial charge in [0.2, 0.25) is 0 Å². The van der Waals surface area contributed by atoms with Gasteiger partial charge in [-0.25, -0.2) is 4.68 Å². The molecule has 2 rings (SSSR count). The molecule has 0 aliphatic rings. The van der Waals surface area contributed by atoms with Crippen LogP contribution in [0.15, 0.2) is 41.2 Å². The van der Waals surface area contributed by atoms with Crippen LogP contribution in [0.5, 0.6) is 0 Å². The Bertz CT molecular complexity index is 864. The van der Waals surface area contributed by atoms with Crippen molar-refractivity contribution in [1.29, 1.82) is 0 Å². The molecule has 0 saturated carbocycles. The molecule has 0 unspecified atom stereocenters. The zero-order valence-corrected chi connectivity index (χ0v) is 15.5. The number of nitrogens with zero attached hydrogens (tertiary/aromatic N) is 2. The lowest BCUT2D eigenvalue weighted by atomic mass is 10.0. The number of nitrogens with one attached hydrogen (secondary N) is 1. The third-order valence-corrected chi connectivity index (χ3v) is 3.86. The number of aryl methyl sites for hydroxylation is 1. The number of esters is 1.